The molecule has 0 atom stereocenters. The van der Waals surface area contributed by atoms with Gasteiger partial charge in [0.05, 0.1) is 5.69 Å². The van der Waals surface area contributed by atoms with Gasteiger partial charge in [0.2, 0.25) is 5.95 Å². The maximum absolute atomic E-state index is 13.3. The Kier molecular flexibility index (Phi) is 4.79. The first-order valence-corrected chi connectivity index (χ1v) is 7.38. The van der Waals surface area contributed by atoms with E-state index in [1.54, 1.807) is 36.7 Å². The summed E-state index contributed by atoms with van der Waals surface area (Å²) in [5.41, 5.74) is 1.81. The number of halogens is 1. The second-order valence-electron chi connectivity index (χ2n) is 5.09. The summed E-state index contributed by atoms with van der Waals surface area (Å²) < 4.78 is 13.3. The van der Waals surface area contributed by atoms with E-state index < -0.39 is 5.97 Å². The lowest BCUT2D eigenvalue weighted by Gasteiger charge is -2.10. The molecule has 25 heavy (non-hydrogen) atoms. The molecular weight excluding hydrogens is 325 g/mol. The van der Waals surface area contributed by atoms with Crippen LogP contribution in [0.15, 0.2) is 54.9 Å². The summed E-state index contributed by atoms with van der Waals surface area (Å²) in [7, 11) is 0. The summed E-state index contributed by atoms with van der Waals surface area (Å²) in [5.74, 6) is -0.874. The number of hydrogen-bond donors (Lipinski definition) is 3. The zero-order valence-electron chi connectivity index (χ0n) is 13.0. The summed E-state index contributed by atoms with van der Waals surface area (Å²) in [6.07, 6.45) is 3.27. The highest BCUT2D eigenvalue weighted by molar-refractivity contribution is 5.73. The number of pyridine rings is 1. The molecule has 0 fully saturated rings. The predicted octanol–water partition coefficient (Wildman–Crippen LogP) is 2.92. The molecule has 0 aliphatic carbocycles. The normalized spacial score (nSPS) is 10.3. The van der Waals surface area contributed by atoms with Crippen LogP contribution in [0.4, 0.5) is 21.8 Å². The zero-order valence-corrected chi connectivity index (χ0v) is 13.0. The van der Waals surface area contributed by atoms with Gasteiger partial charge in [0.25, 0.3) is 0 Å². The average Bonchev–Trinajstić information content (AvgIpc) is 2.60. The van der Waals surface area contributed by atoms with Gasteiger partial charge < -0.3 is 15.7 Å². The molecule has 1 aromatic carbocycles. The Bertz CT molecular complexity index is 889. The fourth-order valence-corrected chi connectivity index (χ4v) is 2.12. The van der Waals surface area contributed by atoms with Crippen molar-refractivity contribution in [2.45, 2.75) is 0 Å². The molecule has 126 valence electrons. The molecule has 0 aliphatic rings. The van der Waals surface area contributed by atoms with Crippen LogP contribution in [0.3, 0.4) is 0 Å². The molecule has 8 heteroatoms. The lowest BCUT2D eigenvalue weighted by molar-refractivity contribution is -0.134. The van der Waals surface area contributed by atoms with E-state index in [2.05, 4.69) is 25.6 Å². The van der Waals surface area contributed by atoms with Gasteiger partial charge in [-0.05, 0) is 30.3 Å². The van der Waals surface area contributed by atoms with E-state index in [1.165, 1.54) is 12.1 Å². The maximum atomic E-state index is 13.3. The number of carboxylic acids is 1. The third kappa shape index (κ3) is 4.47. The number of carbonyl (C=O) groups is 1. The first kappa shape index (κ1) is 16.3. The summed E-state index contributed by atoms with van der Waals surface area (Å²) in [6, 6.07) is 11.2. The number of nitrogens with zero attached hydrogens (tertiary/aromatic N) is 3. The number of carboxylic acid groups (broad SMARTS) is 1. The van der Waals surface area contributed by atoms with E-state index in [-0.39, 0.29) is 18.3 Å². The lowest BCUT2D eigenvalue weighted by Crippen LogP contribution is -2.15. The van der Waals surface area contributed by atoms with Crippen molar-refractivity contribution >= 4 is 23.4 Å². The molecule has 0 amide bonds. The maximum Gasteiger partial charge on any atom is 0.322 e. The number of aromatic nitrogens is 3. The Balaban J connectivity index is 1.95. The van der Waals surface area contributed by atoms with Crippen molar-refractivity contribution in [1.29, 1.82) is 0 Å². The highest BCUT2D eigenvalue weighted by atomic mass is 19.1. The van der Waals surface area contributed by atoms with Gasteiger partial charge in [0.1, 0.15) is 18.2 Å². The molecule has 0 aliphatic heterocycles. The van der Waals surface area contributed by atoms with Gasteiger partial charge in [0.15, 0.2) is 0 Å². The zero-order chi connectivity index (χ0) is 17.6. The molecule has 7 nitrogen and oxygen atoms in total. The number of anilines is 3. The molecule has 0 saturated carbocycles. The van der Waals surface area contributed by atoms with Gasteiger partial charge in [-0.2, -0.15) is 4.98 Å². The van der Waals surface area contributed by atoms with Gasteiger partial charge in [0, 0.05) is 29.7 Å². The largest absolute Gasteiger partial charge is 0.480 e. The monoisotopic (exact) mass is 339 g/mol. The first-order chi connectivity index (χ1) is 12.1. The SMILES string of the molecule is O=C(O)CNc1nc(Nc2cccc(F)c2)cc(-c2cccnc2)n1. The summed E-state index contributed by atoms with van der Waals surface area (Å²) in [5, 5.41) is 14.4. The topological polar surface area (TPSA) is 100 Å². The van der Waals surface area contributed by atoms with Crippen LogP contribution in [0.1, 0.15) is 0 Å². The van der Waals surface area contributed by atoms with Crippen LogP contribution >= 0.6 is 0 Å². The molecule has 3 N–H and O–H groups in total. The Morgan fingerprint density at radius 2 is 2.04 bits per heavy atom. The molecule has 0 unspecified atom stereocenters. The average molecular weight is 339 g/mol. The minimum atomic E-state index is -1.03. The molecule has 2 heterocycles. The second-order valence-corrected chi connectivity index (χ2v) is 5.09. The van der Waals surface area contributed by atoms with Gasteiger partial charge in [-0.15, -0.1) is 0 Å². The molecule has 0 spiro atoms. The van der Waals surface area contributed by atoms with Crippen molar-refractivity contribution in [2.24, 2.45) is 0 Å². The van der Waals surface area contributed by atoms with Crippen LogP contribution in [-0.2, 0) is 4.79 Å². The minimum absolute atomic E-state index is 0.141. The molecule has 2 aromatic heterocycles. The standard InChI is InChI=1S/C17H14FN5O2/c18-12-4-1-5-13(7-12)21-15-8-14(11-3-2-6-19-9-11)22-17(23-15)20-10-16(24)25/h1-9H,10H2,(H,24,25)(H2,20,21,22,23). The fraction of sp³-hybridized carbons (Fsp3) is 0.0588. The van der Waals surface area contributed by atoms with E-state index in [9.17, 15) is 9.18 Å². The van der Waals surface area contributed by atoms with Gasteiger partial charge in [-0.1, -0.05) is 6.07 Å². The predicted molar refractivity (Wildman–Crippen MR) is 91.1 cm³/mol. The Morgan fingerprint density at radius 1 is 1.16 bits per heavy atom. The highest BCUT2D eigenvalue weighted by Crippen LogP contribution is 2.23. The van der Waals surface area contributed by atoms with Gasteiger partial charge in [-0.25, -0.2) is 9.37 Å². The Morgan fingerprint density at radius 3 is 2.76 bits per heavy atom. The Hall–Kier alpha value is -3.55. The van der Waals surface area contributed by atoms with Crippen molar-refractivity contribution in [2.75, 3.05) is 17.2 Å². The molecule has 0 radical (unpaired) electrons. The smallest absolute Gasteiger partial charge is 0.322 e. The molecule has 3 aromatic rings. The molecule has 0 saturated heterocycles. The quantitative estimate of drug-likeness (QED) is 0.635. The van der Waals surface area contributed by atoms with E-state index in [4.69, 9.17) is 5.11 Å². The van der Waals surface area contributed by atoms with Crippen LogP contribution in [0.25, 0.3) is 11.3 Å². The van der Waals surface area contributed by atoms with Crippen molar-refractivity contribution in [3.63, 3.8) is 0 Å². The fourth-order valence-electron chi connectivity index (χ4n) is 2.12. The summed E-state index contributed by atoms with van der Waals surface area (Å²) in [4.78, 5) is 23.3. The number of aliphatic carboxylic acids is 1. The number of benzene rings is 1. The van der Waals surface area contributed by atoms with Crippen LogP contribution in [-0.4, -0.2) is 32.6 Å². The Labute approximate surface area is 142 Å². The van der Waals surface area contributed by atoms with Crippen LogP contribution in [0.2, 0.25) is 0 Å². The third-order valence-electron chi connectivity index (χ3n) is 3.18. The summed E-state index contributed by atoms with van der Waals surface area (Å²) in [6.45, 7) is -0.324. The first-order valence-electron chi connectivity index (χ1n) is 7.38. The number of nitrogens with one attached hydrogen (secondary N) is 2. The highest BCUT2D eigenvalue weighted by Gasteiger charge is 2.09. The van der Waals surface area contributed by atoms with E-state index in [0.29, 0.717) is 17.2 Å². The minimum Gasteiger partial charge on any atom is -0.480 e. The summed E-state index contributed by atoms with van der Waals surface area (Å²) >= 11 is 0. The van der Waals surface area contributed by atoms with E-state index >= 15 is 0 Å². The van der Waals surface area contributed by atoms with Crippen molar-refractivity contribution in [3.8, 4) is 11.3 Å². The lowest BCUT2D eigenvalue weighted by atomic mass is 10.2. The molecular formula is C17H14FN5O2. The van der Waals surface area contributed by atoms with Crippen molar-refractivity contribution < 1.29 is 14.3 Å². The van der Waals surface area contributed by atoms with E-state index in [0.717, 1.165) is 5.56 Å². The number of rotatable bonds is 6. The van der Waals surface area contributed by atoms with Crippen molar-refractivity contribution in [3.05, 3.63) is 60.7 Å². The van der Waals surface area contributed by atoms with Gasteiger partial charge in [-0.3, -0.25) is 9.78 Å². The second kappa shape index (κ2) is 7.35. The third-order valence-corrected chi connectivity index (χ3v) is 3.18. The van der Waals surface area contributed by atoms with Crippen LogP contribution in [0, 0.1) is 5.82 Å². The van der Waals surface area contributed by atoms with Crippen molar-refractivity contribution in [1.82, 2.24) is 15.0 Å². The van der Waals surface area contributed by atoms with E-state index in [1.807, 2.05) is 6.07 Å². The molecule has 0 bridgehead atoms. The molecule has 3 rings (SSSR count). The van der Waals surface area contributed by atoms with Gasteiger partial charge >= 0.3 is 5.97 Å². The number of hydrogen-bond acceptors (Lipinski definition) is 6. The van der Waals surface area contributed by atoms with Crippen LogP contribution in [0.5, 0.6) is 0 Å². The van der Waals surface area contributed by atoms with Crippen LogP contribution < -0.4 is 10.6 Å².